The summed E-state index contributed by atoms with van der Waals surface area (Å²) in [4.78, 5) is 21.8. The van der Waals surface area contributed by atoms with E-state index in [9.17, 15) is 4.79 Å². The molecule has 5 heteroatoms. The summed E-state index contributed by atoms with van der Waals surface area (Å²) < 4.78 is 2.11. The third-order valence-electron chi connectivity index (χ3n) is 6.02. The number of rotatable bonds is 4. The maximum absolute atomic E-state index is 13.0. The van der Waals surface area contributed by atoms with Crippen LogP contribution in [-0.4, -0.2) is 46.5 Å². The van der Waals surface area contributed by atoms with Gasteiger partial charge < -0.3 is 9.80 Å². The van der Waals surface area contributed by atoms with Gasteiger partial charge in [-0.25, -0.2) is 4.98 Å². The number of piperazine rings is 1. The van der Waals surface area contributed by atoms with Crippen molar-refractivity contribution >= 4 is 11.9 Å². The minimum atomic E-state index is 0.0890. The van der Waals surface area contributed by atoms with Gasteiger partial charge >= 0.3 is 0 Å². The largest absolute Gasteiger partial charge is 0.338 e. The number of hydrogen-bond acceptors (Lipinski definition) is 3. The second kappa shape index (κ2) is 8.71. The number of aromatic nitrogens is 2. The molecule has 160 valence electrons. The van der Waals surface area contributed by atoms with Crippen molar-refractivity contribution in [3.8, 4) is 16.8 Å². The summed E-state index contributed by atoms with van der Waals surface area (Å²) in [6.07, 6.45) is 3.83. The molecule has 1 aliphatic rings. The molecule has 5 nitrogen and oxygen atoms in total. The first-order chi connectivity index (χ1) is 15.7. The van der Waals surface area contributed by atoms with Gasteiger partial charge in [-0.05, 0) is 42.3 Å². The molecule has 2 heterocycles. The van der Waals surface area contributed by atoms with E-state index in [4.69, 9.17) is 0 Å². The van der Waals surface area contributed by atoms with E-state index < -0.39 is 0 Å². The Morgan fingerprint density at radius 3 is 2.12 bits per heavy atom. The zero-order valence-electron chi connectivity index (χ0n) is 18.2. The van der Waals surface area contributed by atoms with Crippen LogP contribution in [0, 0.1) is 6.92 Å². The van der Waals surface area contributed by atoms with Crippen molar-refractivity contribution in [1.82, 2.24) is 14.5 Å². The van der Waals surface area contributed by atoms with Gasteiger partial charge in [0.15, 0.2) is 0 Å². The van der Waals surface area contributed by atoms with Gasteiger partial charge in [0.2, 0.25) is 5.95 Å². The van der Waals surface area contributed by atoms with Crippen LogP contribution in [0.15, 0.2) is 91.3 Å². The molecule has 3 aromatic carbocycles. The quantitative estimate of drug-likeness (QED) is 0.474. The van der Waals surface area contributed by atoms with Crippen LogP contribution in [0.25, 0.3) is 16.8 Å². The number of hydrogen-bond donors (Lipinski definition) is 0. The summed E-state index contributed by atoms with van der Waals surface area (Å²) in [6.45, 7) is 4.97. The molecule has 0 aliphatic carbocycles. The number of amides is 1. The number of aryl methyl sites for hydroxylation is 1. The molecule has 0 radical (unpaired) electrons. The average Bonchev–Trinajstić information content (AvgIpc) is 3.35. The molecule has 0 spiro atoms. The van der Waals surface area contributed by atoms with Gasteiger partial charge in [-0.3, -0.25) is 9.36 Å². The van der Waals surface area contributed by atoms with Gasteiger partial charge in [-0.1, -0.05) is 60.2 Å². The number of carbonyl (C=O) groups is 1. The fraction of sp³-hybridized carbons (Fsp3) is 0.185. The predicted molar refractivity (Wildman–Crippen MR) is 128 cm³/mol. The van der Waals surface area contributed by atoms with Gasteiger partial charge in [0.25, 0.3) is 5.91 Å². The van der Waals surface area contributed by atoms with Crippen LogP contribution >= 0.6 is 0 Å². The van der Waals surface area contributed by atoms with E-state index in [1.807, 2.05) is 59.8 Å². The van der Waals surface area contributed by atoms with Crippen LogP contribution in [0.4, 0.5) is 5.95 Å². The molecular formula is C27H26N4O. The first-order valence-corrected chi connectivity index (χ1v) is 11.0. The molecular weight excluding hydrogens is 396 g/mol. The van der Waals surface area contributed by atoms with Gasteiger partial charge in [-0.2, -0.15) is 0 Å². The third kappa shape index (κ3) is 4.02. The molecule has 0 atom stereocenters. The van der Waals surface area contributed by atoms with Crippen LogP contribution in [0.1, 0.15) is 15.9 Å². The Bertz CT molecular complexity index is 1190. The molecule has 1 fully saturated rings. The fourth-order valence-electron chi connectivity index (χ4n) is 4.16. The molecule has 0 unspecified atom stereocenters. The van der Waals surface area contributed by atoms with Gasteiger partial charge in [0, 0.05) is 49.8 Å². The lowest BCUT2D eigenvalue weighted by molar-refractivity contribution is 0.0746. The van der Waals surface area contributed by atoms with E-state index in [0.717, 1.165) is 41.4 Å². The van der Waals surface area contributed by atoms with E-state index >= 15 is 0 Å². The number of nitrogens with zero attached hydrogens (tertiary/aromatic N) is 4. The Kier molecular flexibility index (Phi) is 5.46. The van der Waals surface area contributed by atoms with Crippen molar-refractivity contribution < 1.29 is 4.79 Å². The maximum Gasteiger partial charge on any atom is 0.253 e. The van der Waals surface area contributed by atoms with Crippen molar-refractivity contribution in [2.75, 3.05) is 31.1 Å². The summed E-state index contributed by atoms with van der Waals surface area (Å²) in [6, 6.07) is 26.6. The highest BCUT2D eigenvalue weighted by molar-refractivity contribution is 5.95. The van der Waals surface area contributed by atoms with Crippen molar-refractivity contribution in [1.29, 1.82) is 0 Å². The van der Waals surface area contributed by atoms with Gasteiger partial charge in [0.1, 0.15) is 0 Å². The Labute approximate surface area is 188 Å². The minimum absolute atomic E-state index is 0.0890. The smallest absolute Gasteiger partial charge is 0.253 e. The molecule has 5 rings (SSSR count). The van der Waals surface area contributed by atoms with Crippen LogP contribution in [0.5, 0.6) is 0 Å². The summed E-state index contributed by atoms with van der Waals surface area (Å²) in [7, 11) is 0. The zero-order chi connectivity index (χ0) is 21.9. The Hall–Kier alpha value is -3.86. The Morgan fingerprint density at radius 2 is 1.44 bits per heavy atom. The summed E-state index contributed by atoms with van der Waals surface area (Å²) >= 11 is 0. The van der Waals surface area contributed by atoms with Crippen molar-refractivity contribution in [3.05, 3.63) is 102 Å². The zero-order valence-corrected chi connectivity index (χ0v) is 18.2. The fourth-order valence-corrected chi connectivity index (χ4v) is 4.16. The van der Waals surface area contributed by atoms with E-state index in [1.54, 1.807) is 0 Å². The summed E-state index contributed by atoms with van der Waals surface area (Å²) in [5, 5.41) is 0. The van der Waals surface area contributed by atoms with E-state index in [-0.39, 0.29) is 5.91 Å². The second-order valence-electron chi connectivity index (χ2n) is 8.16. The second-order valence-corrected chi connectivity index (χ2v) is 8.16. The third-order valence-corrected chi connectivity index (χ3v) is 6.02. The van der Waals surface area contributed by atoms with Crippen LogP contribution in [0.2, 0.25) is 0 Å². The number of anilines is 1. The molecule has 32 heavy (non-hydrogen) atoms. The van der Waals surface area contributed by atoms with E-state index in [1.165, 1.54) is 5.56 Å². The van der Waals surface area contributed by atoms with Crippen molar-refractivity contribution in [3.63, 3.8) is 0 Å². The highest BCUT2D eigenvalue weighted by Gasteiger charge is 2.24. The van der Waals surface area contributed by atoms with Gasteiger partial charge in [0.05, 0.1) is 0 Å². The number of benzene rings is 3. The van der Waals surface area contributed by atoms with Crippen LogP contribution in [0.3, 0.4) is 0 Å². The molecule has 4 aromatic rings. The molecule has 1 amide bonds. The molecule has 0 bridgehead atoms. The SMILES string of the molecule is Cc1ccc(-n2ccnc2N2CCN(C(=O)c3ccc(-c4ccccc4)cc3)CC2)cc1. The Balaban J connectivity index is 1.25. The molecule has 1 saturated heterocycles. The first-order valence-electron chi connectivity index (χ1n) is 11.0. The molecule has 1 aliphatic heterocycles. The normalized spacial score (nSPS) is 13.9. The lowest BCUT2D eigenvalue weighted by Gasteiger charge is -2.35. The standard InChI is InChI=1S/C27H26N4O/c1-21-7-13-25(14-8-21)31-16-15-28-27(31)30-19-17-29(18-20-30)26(32)24-11-9-23(10-12-24)22-5-3-2-4-6-22/h2-16H,17-20H2,1H3. The molecule has 1 aromatic heterocycles. The monoisotopic (exact) mass is 422 g/mol. The van der Waals surface area contributed by atoms with E-state index in [0.29, 0.717) is 13.1 Å². The Morgan fingerprint density at radius 1 is 0.781 bits per heavy atom. The van der Waals surface area contributed by atoms with Crippen LogP contribution < -0.4 is 4.90 Å². The average molecular weight is 423 g/mol. The van der Waals surface area contributed by atoms with E-state index in [2.05, 4.69) is 57.8 Å². The van der Waals surface area contributed by atoms with Crippen molar-refractivity contribution in [2.45, 2.75) is 6.92 Å². The topological polar surface area (TPSA) is 41.4 Å². The minimum Gasteiger partial charge on any atom is -0.338 e. The predicted octanol–water partition coefficient (Wildman–Crippen LogP) is 4.81. The summed E-state index contributed by atoms with van der Waals surface area (Å²) in [5.41, 5.74) is 5.35. The highest BCUT2D eigenvalue weighted by Crippen LogP contribution is 2.22. The maximum atomic E-state index is 13.0. The highest BCUT2D eigenvalue weighted by atomic mass is 16.2. The number of carbonyl (C=O) groups excluding carboxylic acids is 1. The van der Waals surface area contributed by atoms with Crippen LogP contribution in [-0.2, 0) is 0 Å². The molecule has 0 saturated carbocycles. The lowest BCUT2D eigenvalue weighted by atomic mass is 10.0. The number of imidazole rings is 1. The van der Waals surface area contributed by atoms with Crippen molar-refractivity contribution in [2.24, 2.45) is 0 Å². The molecule has 0 N–H and O–H groups in total. The lowest BCUT2D eigenvalue weighted by Crippen LogP contribution is -2.49. The first kappa shape index (κ1) is 20.1. The van der Waals surface area contributed by atoms with Gasteiger partial charge in [-0.15, -0.1) is 0 Å². The summed E-state index contributed by atoms with van der Waals surface area (Å²) in [5.74, 6) is 1.01.